The molecule has 0 atom stereocenters. The number of hydrogen-bond acceptors (Lipinski definition) is 2. The smallest absolute Gasteiger partial charge is 0.0644 e. The number of benzene rings is 6. The summed E-state index contributed by atoms with van der Waals surface area (Å²) in [5.74, 6) is 0. The van der Waals surface area contributed by atoms with Gasteiger partial charge in [-0.15, -0.1) is 0 Å². The number of fused-ring (bicyclic) bond motifs is 3. The Morgan fingerprint density at radius 2 is 0.977 bits per heavy atom. The summed E-state index contributed by atoms with van der Waals surface area (Å²) in [5, 5.41) is 2.52. The molecule has 0 N–H and O–H groups in total. The van der Waals surface area contributed by atoms with E-state index in [4.69, 9.17) is 0 Å². The van der Waals surface area contributed by atoms with Gasteiger partial charge in [-0.25, -0.2) is 0 Å². The Kier molecular flexibility index (Phi) is 6.47. The second kappa shape index (κ2) is 11.0. The van der Waals surface area contributed by atoms with E-state index in [0.29, 0.717) is 0 Å². The molecule has 0 saturated carbocycles. The molecule has 0 amide bonds. The zero-order chi connectivity index (χ0) is 29.3. The molecule has 8 rings (SSSR count). The molecule has 3 nitrogen and oxygen atoms in total. The van der Waals surface area contributed by atoms with E-state index >= 15 is 0 Å². The third kappa shape index (κ3) is 4.61. The third-order valence-corrected chi connectivity index (χ3v) is 8.28. The van der Waals surface area contributed by atoms with Crippen molar-refractivity contribution in [3.8, 4) is 27.9 Å². The minimum Gasteiger partial charge on any atom is -0.309 e. The van der Waals surface area contributed by atoms with E-state index in [9.17, 15) is 0 Å². The highest BCUT2D eigenvalue weighted by Crippen LogP contribution is 2.38. The van der Waals surface area contributed by atoms with Crippen molar-refractivity contribution in [1.82, 2.24) is 9.55 Å². The molecule has 8 aromatic rings. The van der Waals surface area contributed by atoms with Gasteiger partial charge in [-0.2, -0.15) is 0 Å². The standard InChI is InChI=1S/C41H29N3/c1-3-10-30(11-4-1)31-17-22-35(23-18-31)43(37-14-9-27-42-29-37)36-24-19-32(20-25-36)33-21-26-39-38-15-7-8-16-40(38)44(41(39)28-33)34-12-5-2-6-13-34/h1-29H. The Morgan fingerprint density at radius 3 is 1.66 bits per heavy atom. The summed E-state index contributed by atoms with van der Waals surface area (Å²) in [6, 6.07) is 58.2. The highest BCUT2D eigenvalue weighted by molar-refractivity contribution is 6.10. The molecule has 0 bridgehead atoms. The minimum absolute atomic E-state index is 1.02. The second-order valence-corrected chi connectivity index (χ2v) is 10.9. The van der Waals surface area contributed by atoms with Crippen LogP contribution in [0.5, 0.6) is 0 Å². The molecule has 2 aromatic heterocycles. The molecular weight excluding hydrogens is 534 g/mol. The molecular formula is C41H29N3. The van der Waals surface area contributed by atoms with Gasteiger partial charge in [0, 0.05) is 34.0 Å². The number of hydrogen-bond donors (Lipinski definition) is 0. The first-order chi connectivity index (χ1) is 21.8. The van der Waals surface area contributed by atoms with Crippen molar-refractivity contribution in [1.29, 1.82) is 0 Å². The zero-order valence-electron chi connectivity index (χ0n) is 24.1. The monoisotopic (exact) mass is 563 g/mol. The van der Waals surface area contributed by atoms with Gasteiger partial charge in [0.15, 0.2) is 0 Å². The third-order valence-electron chi connectivity index (χ3n) is 8.28. The van der Waals surface area contributed by atoms with E-state index < -0.39 is 0 Å². The fraction of sp³-hybridized carbons (Fsp3) is 0. The number of aromatic nitrogens is 2. The highest BCUT2D eigenvalue weighted by atomic mass is 15.1. The van der Waals surface area contributed by atoms with Gasteiger partial charge < -0.3 is 9.47 Å². The molecule has 0 radical (unpaired) electrons. The molecule has 0 aliphatic heterocycles. The summed E-state index contributed by atoms with van der Waals surface area (Å²) in [4.78, 5) is 6.67. The molecule has 0 aliphatic rings. The van der Waals surface area contributed by atoms with E-state index in [2.05, 4.69) is 166 Å². The Balaban J connectivity index is 1.19. The fourth-order valence-electron chi connectivity index (χ4n) is 6.18. The summed E-state index contributed by atoms with van der Waals surface area (Å²) >= 11 is 0. The highest BCUT2D eigenvalue weighted by Gasteiger charge is 2.15. The van der Waals surface area contributed by atoms with E-state index in [-0.39, 0.29) is 0 Å². The van der Waals surface area contributed by atoms with Gasteiger partial charge in [0.05, 0.1) is 22.9 Å². The van der Waals surface area contributed by atoms with Crippen LogP contribution in [0.2, 0.25) is 0 Å². The van der Waals surface area contributed by atoms with Gasteiger partial charge in [0.2, 0.25) is 0 Å². The molecule has 6 aromatic carbocycles. The first-order valence-corrected chi connectivity index (χ1v) is 14.9. The molecule has 0 fully saturated rings. The Bertz CT molecular complexity index is 2180. The van der Waals surface area contributed by atoms with Crippen LogP contribution in [0.1, 0.15) is 0 Å². The molecule has 208 valence electrons. The van der Waals surface area contributed by atoms with Crippen LogP contribution in [-0.4, -0.2) is 9.55 Å². The summed E-state index contributed by atoms with van der Waals surface area (Å²) in [6.07, 6.45) is 3.73. The van der Waals surface area contributed by atoms with Crippen LogP contribution >= 0.6 is 0 Å². The van der Waals surface area contributed by atoms with Gasteiger partial charge in [0.25, 0.3) is 0 Å². The van der Waals surface area contributed by atoms with Crippen LogP contribution in [0.3, 0.4) is 0 Å². The normalized spacial score (nSPS) is 11.2. The lowest BCUT2D eigenvalue weighted by atomic mass is 10.0. The first-order valence-electron chi connectivity index (χ1n) is 14.9. The Labute approximate surface area is 256 Å². The maximum Gasteiger partial charge on any atom is 0.0644 e. The number of anilines is 3. The molecule has 2 heterocycles. The lowest BCUT2D eigenvalue weighted by molar-refractivity contribution is 1.18. The van der Waals surface area contributed by atoms with Gasteiger partial charge in [-0.1, -0.05) is 103 Å². The molecule has 3 heteroatoms. The summed E-state index contributed by atoms with van der Waals surface area (Å²) < 4.78 is 2.37. The quantitative estimate of drug-likeness (QED) is 0.201. The molecule has 0 aliphatic carbocycles. The maximum absolute atomic E-state index is 4.42. The van der Waals surface area contributed by atoms with Crippen LogP contribution in [0.15, 0.2) is 176 Å². The van der Waals surface area contributed by atoms with Crippen LogP contribution in [-0.2, 0) is 0 Å². The molecule has 0 unspecified atom stereocenters. The van der Waals surface area contributed by atoms with Crippen molar-refractivity contribution in [3.63, 3.8) is 0 Å². The van der Waals surface area contributed by atoms with Crippen LogP contribution in [0, 0.1) is 0 Å². The van der Waals surface area contributed by atoms with Crippen LogP contribution in [0.25, 0.3) is 49.7 Å². The number of pyridine rings is 1. The fourth-order valence-corrected chi connectivity index (χ4v) is 6.18. The van der Waals surface area contributed by atoms with Gasteiger partial charge in [-0.05, 0) is 82.9 Å². The Hall–Kier alpha value is -5.93. The zero-order valence-corrected chi connectivity index (χ0v) is 24.1. The van der Waals surface area contributed by atoms with Crippen molar-refractivity contribution in [2.24, 2.45) is 0 Å². The van der Waals surface area contributed by atoms with Crippen molar-refractivity contribution < 1.29 is 0 Å². The largest absolute Gasteiger partial charge is 0.309 e. The second-order valence-electron chi connectivity index (χ2n) is 10.9. The SMILES string of the molecule is c1ccc(-c2ccc(N(c3ccc(-c4ccc5c6ccccc6n(-c6ccccc6)c5c4)cc3)c3cccnc3)cc2)cc1. The topological polar surface area (TPSA) is 21.1 Å². The van der Waals surface area contributed by atoms with E-state index in [1.807, 2.05) is 24.5 Å². The van der Waals surface area contributed by atoms with E-state index in [1.54, 1.807) is 0 Å². The molecule has 44 heavy (non-hydrogen) atoms. The van der Waals surface area contributed by atoms with Gasteiger partial charge in [0.1, 0.15) is 0 Å². The van der Waals surface area contributed by atoms with Crippen molar-refractivity contribution in [3.05, 3.63) is 176 Å². The molecule has 0 saturated heterocycles. The lowest BCUT2D eigenvalue weighted by Gasteiger charge is -2.25. The summed E-state index contributed by atoms with van der Waals surface area (Å²) in [6.45, 7) is 0. The van der Waals surface area contributed by atoms with Crippen LogP contribution < -0.4 is 4.90 Å². The summed E-state index contributed by atoms with van der Waals surface area (Å²) in [7, 11) is 0. The summed E-state index contributed by atoms with van der Waals surface area (Å²) in [5.41, 5.74) is 11.5. The molecule has 0 spiro atoms. The first kappa shape index (κ1) is 25.8. The van der Waals surface area contributed by atoms with Crippen LogP contribution in [0.4, 0.5) is 17.1 Å². The number of nitrogens with zero attached hydrogens (tertiary/aromatic N) is 3. The van der Waals surface area contributed by atoms with E-state index in [0.717, 1.165) is 22.7 Å². The number of rotatable bonds is 6. The number of para-hydroxylation sites is 2. The predicted octanol–water partition coefficient (Wildman–Crippen LogP) is 11.0. The average Bonchev–Trinajstić information content (AvgIpc) is 3.44. The minimum atomic E-state index is 1.02. The van der Waals surface area contributed by atoms with Gasteiger partial charge in [-0.3, -0.25) is 4.98 Å². The van der Waals surface area contributed by atoms with Crippen molar-refractivity contribution in [2.45, 2.75) is 0 Å². The maximum atomic E-state index is 4.42. The van der Waals surface area contributed by atoms with Crippen molar-refractivity contribution >= 4 is 38.9 Å². The van der Waals surface area contributed by atoms with E-state index in [1.165, 1.54) is 44.1 Å². The Morgan fingerprint density at radius 1 is 0.409 bits per heavy atom. The lowest BCUT2D eigenvalue weighted by Crippen LogP contribution is -2.10. The van der Waals surface area contributed by atoms with Gasteiger partial charge >= 0.3 is 0 Å². The average molecular weight is 564 g/mol. The van der Waals surface area contributed by atoms with Crippen molar-refractivity contribution in [2.75, 3.05) is 4.90 Å². The predicted molar refractivity (Wildman–Crippen MR) is 184 cm³/mol.